The molecule has 0 heterocycles. The molecule has 0 aromatic heterocycles. The van der Waals surface area contributed by atoms with Gasteiger partial charge in [-0.2, -0.15) is 0 Å². The van der Waals surface area contributed by atoms with Crippen molar-refractivity contribution in [2.75, 3.05) is 0 Å². The zero-order valence-corrected chi connectivity index (χ0v) is 13.5. The number of carbonyl (C=O) groups is 1. The first-order valence-corrected chi connectivity index (χ1v) is 8.24. The normalized spacial score (nSPS) is 11.2. The fourth-order valence-corrected chi connectivity index (χ4v) is 2.86. The van der Waals surface area contributed by atoms with Gasteiger partial charge in [-0.15, -0.1) is 4.83 Å². The molecular weight excluding hydrogens is 300 g/mol. The van der Waals surface area contributed by atoms with Crippen LogP contribution in [0.25, 0.3) is 0 Å². The van der Waals surface area contributed by atoms with Crippen molar-refractivity contribution >= 4 is 15.9 Å². The van der Waals surface area contributed by atoms with E-state index < -0.39 is 15.9 Å². The van der Waals surface area contributed by atoms with Crippen LogP contribution in [0.5, 0.6) is 0 Å². The fraction of sp³-hybridized carbons (Fsp3) is 0.188. The summed E-state index contributed by atoms with van der Waals surface area (Å²) in [6, 6.07) is 11.7. The quantitative estimate of drug-likeness (QED) is 0.849. The Morgan fingerprint density at radius 3 is 2.09 bits per heavy atom. The van der Waals surface area contributed by atoms with Gasteiger partial charge in [-0.25, -0.2) is 8.42 Å². The number of hydrogen-bond acceptors (Lipinski definition) is 3. The van der Waals surface area contributed by atoms with Crippen molar-refractivity contribution in [2.45, 2.75) is 25.7 Å². The molecular formula is C16H18N2O3S. The molecule has 22 heavy (non-hydrogen) atoms. The van der Waals surface area contributed by atoms with Crippen LogP contribution in [0.15, 0.2) is 47.4 Å². The number of carbonyl (C=O) groups excluding carboxylic acids is 1. The van der Waals surface area contributed by atoms with Crippen LogP contribution in [0.1, 0.15) is 27.0 Å². The summed E-state index contributed by atoms with van der Waals surface area (Å²) in [7, 11) is -3.78. The minimum absolute atomic E-state index is 0.0963. The standard InChI is InChI=1S/C16H18N2O3S/c1-11-4-7-14(8-5-11)22(20,21)18-17-16(19)15-9-6-12(2)10-13(15)3/h4-10,18H,1-3H3,(H,17,19). The summed E-state index contributed by atoms with van der Waals surface area (Å²) in [6.45, 7) is 5.59. The highest BCUT2D eigenvalue weighted by Crippen LogP contribution is 2.11. The topological polar surface area (TPSA) is 75.3 Å². The van der Waals surface area contributed by atoms with Gasteiger partial charge in [-0.3, -0.25) is 10.2 Å². The molecule has 116 valence electrons. The van der Waals surface area contributed by atoms with Gasteiger partial charge in [0.25, 0.3) is 15.9 Å². The third-order valence-corrected chi connectivity index (χ3v) is 4.52. The Morgan fingerprint density at radius 2 is 1.50 bits per heavy atom. The van der Waals surface area contributed by atoms with Crippen LogP contribution < -0.4 is 10.3 Å². The Morgan fingerprint density at radius 1 is 0.909 bits per heavy atom. The average Bonchev–Trinajstić information content (AvgIpc) is 2.45. The number of rotatable bonds is 4. The van der Waals surface area contributed by atoms with Gasteiger partial charge in [0.05, 0.1) is 4.90 Å². The third-order valence-electron chi connectivity index (χ3n) is 3.26. The van der Waals surface area contributed by atoms with E-state index in [1.807, 2.05) is 19.9 Å². The number of aryl methyl sites for hydroxylation is 3. The lowest BCUT2D eigenvalue weighted by molar-refractivity contribution is 0.0944. The molecule has 0 spiro atoms. The average molecular weight is 318 g/mol. The maximum Gasteiger partial charge on any atom is 0.266 e. The molecule has 1 amide bonds. The molecule has 0 aliphatic rings. The van der Waals surface area contributed by atoms with E-state index in [2.05, 4.69) is 10.3 Å². The molecule has 2 aromatic rings. The predicted octanol–water partition coefficient (Wildman–Crippen LogP) is 2.24. The molecule has 2 rings (SSSR count). The first-order valence-electron chi connectivity index (χ1n) is 6.76. The van der Waals surface area contributed by atoms with Crippen LogP contribution >= 0.6 is 0 Å². The van der Waals surface area contributed by atoms with Gasteiger partial charge in [0.1, 0.15) is 0 Å². The summed E-state index contributed by atoms with van der Waals surface area (Å²) in [5.41, 5.74) is 5.44. The van der Waals surface area contributed by atoms with Gasteiger partial charge in [-0.1, -0.05) is 35.4 Å². The monoisotopic (exact) mass is 318 g/mol. The van der Waals surface area contributed by atoms with E-state index in [0.717, 1.165) is 16.7 Å². The van der Waals surface area contributed by atoms with Crippen molar-refractivity contribution < 1.29 is 13.2 Å². The van der Waals surface area contributed by atoms with E-state index in [1.165, 1.54) is 12.1 Å². The van der Waals surface area contributed by atoms with Crippen molar-refractivity contribution in [1.82, 2.24) is 10.3 Å². The molecule has 0 atom stereocenters. The summed E-state index contributed by atoms with van der Waals surface area (Å²) in [6.07, 6.45) is 0. The van der Waals surface area contributed by atoms with Crippen molar-refractivity contribution in [3.05, 3.63) is 64.7 Å². The third kappa shape index (κ3) is 3.72. The van der Waals surface area contributed by atoms with Crippen molar-refractivity contribution in [2.24, 2.45) is 0 Å². The largest absolute Gasteiger partial charge is 0.273 e. The highest BCUT2D eigenvalue weighted by molar-refractivity contribution is 7.89. The van der Waals surface area contributed by atoms with Gasteiger partial charge in [0.15, 0.2) is 0 Å². The first kappa shape index (κ1) is 16.2. The number of amides is 1. The maximum atomic E-state index is 12.1. The molecule has 0 aliphatic heterocycles. The number of nitrogens with one attached hydrogen (secondary N) is 2. The zero-order chi connectivity index (χ0) is 16.3. The molecule has 0 fully saturated rings. The molecule has 0 saturated carbocycles. The lowest BCUT2D eigenvalue weighted by Gasteiger charge is -2.10. The second-order valence-corrected chi connectivity index (χ2v) is 6.87. The van der Waals surface area contributed by atoms with E-state index in [-0.39, 0.29) is 4.90 Å². The molecule has 2 N–H and O–H groups in total. The van der Waals surface area contributed by atoms with Crippen LogP contribution in [0.3, 0.4) is 0 Å². The molecule has 5 nitrogen and oxygen atoms in total. The van der Waals surface area contributed by atoms with Crippen molar-refractivity contribution in [3.8, 4) is 0 Å². The van der Waals surface area contributed by atoms with Crippen LogP contribution in [-0.4, -0.2) is 14.3 Å². The summed E-state index contributed by atoms with van der Waals surface area (Å²) in [5.74, 6) is -0.492. The number of sulfonamides is 1. The second kappa shape index (κ2) is 6.29. The number of hydrazine groups is 1. The van der Waals surface area contributed by atoms with E-state index in [1.54, 1.807) is 31.2 Å². The SMILES string of the molecule is Cc1ccc(S(=O)(=O)NNC(=O)c2ccc(C)cc2C)cc1. The minimum atomic E-state index is -3.78. The lowest BCUT2D eigenvalue weighted by atomic mass is 10.1. The zero-order valence-electron chi connectivity index (χ0n) is 12.7. The van der Waals surface area contributed by atoms with E-state index in [0.29, 0.717) is 5.56 Å². The predicted molar refractivity (Wildman–Crippen MR) is 84.9 cm³/mol. The lowest BCUT2D eigenvalue weighted by Crippen LogP contribution is -2.41. The van der Waals surface area contributed by atoms with Gasteiger partial charge in [0.2, 0.25) is 0 Å². The van der Waals surface area contributed by atoms with Crippen molar-refractivity contribution in [3.63, 3.8) is 0 Å². The minimum Gasteiger partial charge on any atom is -0.273 e. The Labute approximate surface area is 130 Å². The van der Waals surface area contributed by atoms with E-state index >= 15 is 0 Å². The smallest absolute Gasteiger partial charge is 0.266 e. The summed E-state index contributed by atoms with van der Waals surface area (Å²) >= 11 is 0. The summed E-state index contributed by atoms with van der Waals surface area (Å²) in [5, 5.41) is 0. The Hall–Kier alpha value is -2.18. The van der Waals surface area contributed by atoms with Crippen molar-refractivity contribution in [1.29, 1.82) is 0 Å². The molecule has 6 heteroatoms. The van der Waals surface area contributed by atoms with Crippen LogP contribution in [-0.2, 0) is 10.0 Å². The molecule has 0 unspecified atom stereocenters. The Bertz CT molecular complexity index is 797. The van der Waals surface area contributed by atoms with Gasteiger partial charge < -0.3 is 0 Å². The van der Waals surface area contributed by atoms with Crippen LogP contribution in [0.4, 0.5) is 0 Å². The summed E-state index contributed by atoms with van der Waals surface area (Å²) < 4.78 is 24.2. The Balaban J connectivity index is 2.11. The maximum absolute atomic E-state index is 12.1. The summed E-state index contributed by atoms with van der Waals surface area (Å²) in [4.78, 5) is 14.3. The Kier molecular flexibility index (Phi) is 4.63. The van der Waals surface area contributed by atoms with Crippen LogP contribution in [0.2, 0.25) is 0 Å². The van der Waals surface area contributed by atoms with Gasteiger partial charge in [-0.05, 0) is 44.5 Å². The second-order valence-electron chi connectivity index (χ2n) is 5.19. The molecule has 0 bridgehead atoms. The number of hydrogen-bond donors (Lipinski definition) is 2. The van der Waals surface area contributed by atoms with Crippen LogP contribution in [0, 0.1) is 20.8 Å². The van der Waals surface area contributed by atoms with E-state index in [9.17, 15) is 13.2 Å². The fourth-order valence-electron chi connectivity index (χ4n) is 2.03. The molecule has 0 aliphatic carbocycles. The molecule has 0 radical (unpaired) electrons. The van der Waals surface area contributed by atoms with E-state index in [4.69, 9.17) is 0 Å². The molecule has 2 aromatic carbocycles. The molecule has 0 saturated heterocycles. The number of benzene rings is 2. The van der Waals surface area contributed by atoms with Gasteiger partial charge in [0, 0.05) is 5.56 Å². The first-order chi connectivity index (χ1) is 10.3. The van der Waals surface area contributed by atoms with Gasteiger partial charge >= 0.3 is 0 Å². The highest BCUT2D eigenvalue weighted by atomic mass is 32.2. The highest BCUT2D eigenvalue weighted by Gasteiger charge is 2.16.